The maximum absolute atomic E-state index is 13.4. The Labute approximate surface area is 94.7 Å². The Morgan fingerprint density at radius 2 is 1.88 bits per heavy atom. The molecule has 0 bridgehead atoms. The van der Waals surface area contributed by atoms with Crippen molar-refractivity contribution in [1.29, 1.82) is 0 Å². The molecule has 0 unspecified atom stereocenters. The van der Waals surface area contributed by atoms with Gasteiger partial charge in [-0.3, -0.25) is 0 Å². The highest BCUT2D eigenvalue weighted by Gasteiger charge is 2.07. The van der Waals surface area contributed by atoms with E-state index in [0.717, 1.165) is 25.0 Å². The molecule has 1 aromatic carbocycles. The Hall–Kier alpha value is -1.80. The summed E-state index contributed by atoms with van der Waals surface area (Å²) in [6, 6.07) is 2.24. The Bertz CT molecular complexity index is 447. The van der Waals surface area contributed by atoms with Gasteiger partial charge >= 0.3 is 0 Å². The SMILES string of the molecule is C#Cc1cc(F)c(C#CCCCC)c(F)c1. The van der Waals surface area contributed by atoms with Crippen molar-refractivity contribution >= 4 is 0 Å². The van der Waals surface area contributed by atoms with Crippen LogP contribution in [-0.4, -0.2) is 0 Å². The fourth-order valence-corrected chi connectivity index (χ4v) is 1.19. The smallest absolute Gasteiger partial charge is 0.143 e. The molecule has 0 aliphatic rings. The molecule has 0 aromatic heterocycles. The van der Waals surface area contributed by atoms with Gasteiger partial charge in [0.2, 0.25) is 0 Å². The van der Waals surface area contributed by atoms with E-state index in [2.05, 4.69) is 17.8 Å². The highest BCUT2D eigenvalue weighted by molar-refractivity contribution is 5.43. The van der Waals surface area contributed by atoms with Gasteiger partial charge in [0.15, 0.2) is 0 Å². The number of hydrogen-bond acceptors (Lipinski definition) is 0. The van der Waals surface area contributed by atoms with Gasteiger partial charge in [-0.05, 0) is 18.6 Å². The number of terminal acetylenes is 1. The van der Waals surface area contributed by atoms with Crippen molar-refractivity contribution in [1.82, 2.24) is 0 Å². The zero-order chi connectivity index (χ0) is 12.0. The van der Waals surface area contributed by atoms with E-state index in [-0.39, 0.29) is 11.1 Å². The first-order valence-corrected chi connectivity index (χ1v) is 5.13. The molecule has 0 aliphatic heterocycles. The number of rotatable bonds is 2. The average molecular weight is 218 g/mol. The summed E-state index contributed by atoms with van der Waals surface area (Å²) in [4.78, 5) is 0. The first-order chi connectivity index (χ1) is 7.69. The lowest BCUT2D eigenvalue weighted by molar-refractivity contribution is 0.577. The van der Waals surface area contributed by atoms with Crippen LogP contribution in [-0.2, 0) is 0 Å². The molecule has 0 fully saturated rings. The Balaban J connectivity index is 2.96. The molecule has 0 amide bonds. The quantitative estimate of drug-likeness (QED) is 0.526. The van der Waals surface area contributed by atoms with Crippen LogP contribution in [0.4, 0.5) is 8.78 Å². The monoisotopic (exact) mass is 218 g/mol. The van der Waals surface area contributed by atoms with E-state index in [1.165, 1.54) is 0 Å². The normalized spacial score (nSPS) is 9.12. The van der Waals surface area contributed by atoms with E-state index in [9.17, 15) is 8.78 Å². The van der Waals surface area contributed by atoms with E-state index >= 15 is 0 Å². The lowest BCUT2D eigenvalue weighted by atomic mass is 10.1. The second kappa shape index (κ2) is 5.93. The summed E-state index contributed by atoms with van der Waals surface area (Å²) in [5, 5.41) is 0. The predicted molar refractivity (Wildman–Crippen MR) is 60.7 cm³/mol. The standard InChI is InChI=1S/C14H12F2/c1-3-5-6-7-8-12-13(15)9-11(4-2)10-14(12)16/h2,9-10H,3,5-6H2,1H3. The maximum atomic E-state index is 13.4. The zero-order valence-corrected chi connectivity index (χ0v) is 9.11. The molecule has 1 aromatic rings. The van der Waals surface area contributed by atoms with Crippen molar-refractivity contribution in [2.24, 2.45) is 0 Å². The average Bonchev–Trinajstić information content (AvgIpc) is 2.26. The number of unbranched alkanes of at least 4 members (excludes halogenated alkanes) is 2. The fraction of sp³-hybridized carbons (Fsp3) is 0.286. The molecular weight excluding hydrogens is 206 g/mol. The molecule has 82 valence electrons. The van der Waals surface area contributed by atoms with E-state index < -0.39 is 11.6 Å². The van der Waals surface area contributed by atoms with Gasteiger partial charge in [-0.25, -0.2) is 8.78 Å². The lowest BCUT2D eigenvalue weighted by Crippen LogP contribution is -1.92. The second-order valence-corrected chi connectivity index (χ2v) is 3.36. The third kappa shape index (κ3) is 3.11. The third-order valence-electron chi connectivity index (χ3n) is 2.08. The van der Waals surface area contributed by atoms with Crippen molar-refractivity contribution in [3.05, 3.63) is 34.9 Å². The summed E-state index contributed by atoms with van der Waals surface area (Å²) in [6.45, 7) is 2.03. The summed E-state index contributed by atoms with van der Waals surface area (Å²) >= 11 is 0. The number of benzene rings is 1. The Morgan fingerprint density at radius 3 is 2.38 bits per heavy atom. The summed E-state index contributed by atoms with van der Waals surface area (Å²) < 4.78 is 26.7. The molecule has 0 N–H and O–H groups in total. The maximum Gasteiger partial charge on any atom is 0.143 e. The van der Waals surface area contributed by atoms with Gasteiger partial charge < -0.3 is 0 Å². The molecule has 0 aliphatic carbocycles. The molecule has 16 heavy (non-hydrogen) atoms. The van der Waals surface area contributed by atoms with E-state index in [1.54, 1.807) is 0 Å². The molecule has 1 rings (SSSR count). The molecule has 0 saturated heterocycles. The Kier molecular flexibility index (Phi) is 4.55. The van der Waals surface area contributed by atoms with Gasteiger partial charge in [-0.1, -0.05) is 31.1 Å². The van der Waals surface area contributed by atoms with Crippen molar-refractivity contribution in [3.8, 4) is 24.2 Å². The minimum absolute atomic E-state index is 0.189. The first-order valence-electron chi connectivity index (χ1n) is 5.13. The molecular formula is C14H12F2. The van der Waals surface area contributed by atoms with Crippen LogP contribution in [0, 0.1) is 35.8 Å². The van der Waals surface area contributed by atoms with Crippen molar-refractivity contribution in [3.63, 3.8) is 0 Å². The van der Waals surface area contributed by atoms with Gasteiger partial charge in [-0.15, -0.1) is 6.42 Å². The molecule has 0 atom stereocenters. The topological polar surface area (TPSA) is 0 Å². The van der Waals surface area contributed by atoms with Crippen LogP contribution < -0.4 is 0 Å². The van der Waals surface area contributed by atoms with Crippen LogP contribution >= 0.6 is 0 Å². The summed E-state index contributed by atoms with van der Waals surface area (Å²) in [5.41, 5.74) is -0.00999. The number of halogens is 2. The summed E-state index contributed by atoms with van der Waals surface area (Å²) in [5.74, 6) is 6.03. The van der Waals surface area contributed by atoms with Crippen LogP contribution in [0.25, 0.3) is 0 Å². The van der Waals surface area contributed by atoms with Crippen molar-refractivity contribution in [2.75, 3.05) is 0 Å². The zero-order valence-electron chi connectivity index (χ0n) is 9.11. The lowest BCUT2D eigenvalue weighted by Gasteiger charge is -1.98. The summed E-state index contributed by atoms with van der Waals surface area (Å²) in [6.07, 6.45) is 7.64. The van der Waals surface area contributed by atoms with Crippen molar-refractivity contribution < 1.29 is 8.78 Å². The van der Waals surface area contributed by atoms with E-state index in [1.807, 2.05) is 6.92 Å². The molecule has 0 saturated carbocycles. The van der Waals surface area contributed by atoms with Crippen LogP contribution in [0.15, 0.2) is 12.1 Å². The molecule has 0 spiro atoms. The molecule has 0 radical (unpaired) electrons. The number of hydrogen-bond donors (Lipinski definition) is 0. The van der Waals surface area contributed by atoms with Crippen LogP contribution in [0.1, 0.15) is 37.3 Å². The predicted octanol–water partition coefficient (Wildman–Crippen LogP) is 3.49. The van der Waals surface area contributed by atoms with Gasteiger partial charge in [-0.2, -0.15) is 0 Å². The van der Waals surface area contributed by atoms with Crippen LogP contribution in [0.2, 0.25) is 0 Å². The fourth-order valence-electron chi connectivity index (χ4n) is 1.19. The molecule has 0 heterocycles. The van der Waals surface area contributed by atoms with Crippen LogP contribution in [0.5, 0.6) is 0 Å². The van der Waals surface area contributed by atoms with Crippen molar-refractivity contribution in [2.45, 2.75) is 26.2 Å². The van der Waals surface area contributed by atoms with Gasteiger partial charge in [0.25, 0.3) is 0 Å². The van der Waals surface area contributed by atoms with Gasteiger partial charge in [0, 0.05) is 12.0 Å². The second-order valence-electron chi connectivity index (χ2n) is 3.36. The van der Waals surface area contributed by atoms with E-state index in [0.29, 0.717) is 6.42 Å². The summed E-state index contributed by atoms with van der Waals surface area (Å²) in [7, 11) is 0. The highest BCUT2D eigenvalue weighted by Crippen LogP contribution is 2.13. The third-order valence-corrected chi connectivity index (χ3v) is 2.08. The van der Waals surface area contributed by atoms with Gasteiger partial charge in [0.1, 0.15) is 11.6 Å². The Morgan fingerprint density at radius 1 is 1.25 bits per heavy atom. The first kappa shape index (κ1) is 12.3. The molecule has 2 heteroatoms. The largest absolute Gasteiger partial charge is 0.205 e. The van der Waals surface area contributed by atoms with Crippen LogP contribution in [0.3, 0.4) is 0 Å². The molecule has 0 nitrogen and oxygen atoms in total. The highest BCUT2D eigenvalue weighted by atomic mass is 19.1. The van der Waals surface area contributed by atoms with Gasteiger partial charge in [0.05, 0.1) is 5.56 Å². The minimum atomic E-state index is -0.697. The van der Waals surface area contributed by atoms with E-state index in [4.69, 9.17) is 6.42 Å². The minimum Gasteiger partial charge on any atom is -0.205 e.